The van der Waals surface area contributed by atoms with E-state index in [0.29, 0.717) is 18.4 Å². The molecule has 2 aliphatic carbocycles. The average molecular weight is 549 g/mol. The lowest BCUT2D eigenvalue weighted by molar-refractivity contribution is -0.279. The topological polar surface area (TPSA) is 124 Å². The maximum absolute atomic E-state index is 12.6. The summed E-state index contributed by atoms with van der Waals surface area (Å²) in [7, 11) is 1.57. The molecule has 0 aromatic rings. The van der Waals surface area contributed by atoms with Crippen molar-refractivity contribution in [2.75, 3.05) is 7.11 Å². The number of esters is 4. The van der Waals surface area contributed by atoms with Crippen molar-refractivity contribution >= 4 is 23.9 Å². The predicted molar refractivity (Wildman–Crippen MR) is 139 cm³/mol. The van der Waals surface area contributed by atoms with Gasteiger partial charge < -0.3 is 23.7 Å². The molecular formula is C29H40O10. The number of hydrogen-bond donors (Lipinski definition) is 0. The van der Waals surface area contributed by atoms with Gasteiger partial charge in [-0.25, -0.2) is 0 Å². The molecule has 0 radical (unpaired) electrons. The summed E-state index contributed by atoms with van der Waals surface area (Å²) in [4.78, 5) is 49.5. The first-order chi connectivity index (χ1) is 18.2. The Bertz CT molecular complexity index is 1080. The lowest BCUT2D eigenvalue weighted by atomic mass is 9.44. The van der Waals surface area contributed by atoms with Gasteiger partial charge in [0.1, 0.15) is 11.5 Å². The van der Waals surface area contributed by atoms with Gasteiger partial charge in [0, 0.05) is 46.3 Å². The molecule has 1 saturated carbocycles. The van der Waals surface area contributed by atoms with Crippen molar-refractivity contribution in [1.82, 2.24) is 0 Å². The minimum absolute atomic E-state index is 0.335. The second kappa shape index (κ2) is 11.6. The highest BCUT2D eigenvalue weighted by molar-refractivity contribution is 5.69. The van der Waals surface area contributed by atoms with Crippen LogP contribution in [0, 0.1) is 22.7 Å². The fourth-order valence-corrected chi connectivity index (χ4v) is 6.63. The largest absolute Gasteiger partial charge is 0.458 e. The summed E-state index contributed by atoms with van der Waals surface area (Å²) in [6.07, 6.45) is 1.52. The Morgan fingerprint density at radius 1 is 1.00 bits per heavy atom. The van der Waals surface area contributed by atoms with Crippen molar-refractivity contribution in [1.29, 1.82) is 0 Å². The minimum atomic E-state index is -1.36. The Balaban J connectivity index is 2.41. The lowest BCUT2D eigenvalue weighted by Crippen LogP contribution is -2.69. The Morgan fingerprint density at radius 3 is 2.10 bits per heavy atom. The summed E-state index contributed by atoms with van der Waals surface area (Å²) in [6, 6.07) is 0. The van der Waals surface area contributed by atoms with Crippen molar-refractivity contribution in [3.63, 3.8) is 0 Å². The maximum Gasteiger partial charge on any atom is 0.305 e. The Hall–Kier alpha value is -2.98. The first-order valence-electron chi connectivity index (χ1n) is 13.1. The van der Waals surface area contributed by atoms with Crippen LogP contribution in [0.3, 0.4) is 0 Å². The Kier molecular flexibility index (Phi) is 9.12. The summed E-state index contributed by atoms with van der Waals surface area (Å²) in [5, 5.41) is 0. The highest BCUT2D eigenvalue weighted by atomic mass is 16.8. The third-order valence-electron chi connectivity index (χ3n) is 8.53. The van der Waals surface area contributed by atoms with Crippen LogP contribution in [0.2, 0.25) is 0 Å². The molecule has 0 unspecified atom stereocenters. The normalized spacial score (nSPS) is 37.5. The standard InChI is InChI=1S/C29H40O10/c1-10-15(2)11-12-28(8)16(3)24(35-17(4)30)25(36-18(5)31)29-22(13-21(34-9)14-23(28)29)26(37-19(6)32)39-27(29)38-20(7)33/h10-11,13,16,21,23-27H,1,12,14H2,2-9H3/b15-11-/t16-,21+,23+,24-,25+,26+,27-,28-,29-/m1/s1. The van der Waals surface area contributed by atoms with Gasteiger partial charge in [-0.15, -0.1) is 0 Å². The quantitative estimate of drug-likeness (QED) is 0.192. The Labute approximate surface area is 229 Å². The number of hydrogen-bond acceptors (Lipinski definition) is 10. The van der Waals surface area contributed by atoms with Gasteiger partial charge in [-0.3, -0.25) is 23.9 Å². The molecule has 39 heavy (non-hydrogen) atoms. The molecule has 1 heterocycles. The molecule has 216 valence electrons. The van der Waals surface area contributed by atoms with Crippen LogP contribution < -0.4 is 0 Å². The summed E-state index contributed by atoms with van der Waals surface area (Å²) in [5.74, 6) is -3.17. The minimum Gasteiger partial charge on any atom is -0.458 e. The number of carbonyl (C=O) groups is 4. The molecule has 0 amide bonds. The molecule has 3 rings (SSSR count). The van der Waals surface area contributed by atoms with Gasteiger partial charge in [0.2, 0.25) is 12.6 Å². The molecular weight excluding hydrogens is 508 g/mol. The van der Waals surface area contributed by atoms with E-state index in [2.05, 4.69) is 13.5 Å². The zero-order valence-electron chi connectivity index (χ0n) is 24.0. The van der Waals surface area contributed by atoms with E-state index in [1.165, 1.54) is 27.7 Å². The number of ether oxygens (including phenoxy) is 6. The fourth-order valence-electron chi connectivity index (χ4n) is 6.63. The van der Waals surface area contributed by atoms with Gasteiger partial charge >= 0.3 is 23.9 Å². The van der Waals surface area contributed by atoms with Crippen LogP contribution in [0.25, 0.3) is 0 Å². The van der Waals surface area contributed by atoms with E-state index in [1.807, 2.05) is 19.9 Å². The van der Waals surface area contributed by atoms with Gasteiger partial charge in [-0.2, -0.15) is 0 Å². The zero-order valence-corrected chi connectivity index (χ0v) is 24.0. The maximum atomic E-state index is 12.6. The molecule has 0 aromatic carbocycles. The predicted octanol–water partition coefficient (Wildman–Crippen LogP) is 3.78. The van der Waals surface area contributed by atoms with Gasteiger partial charge in [0.15, 0.2) is 6.10 Å². The van der Waals surface area contributed by atoms with Crippen molar-refractivity contribution in [3.05, 3.63) is 36.0 Å². The number of rotatable bonds is 8. The van der Waals surface area contributed by atoms with Crippen molar-refractivity contribution < 1.29 is 47.6 Å². The molecule has 2 fully saturated rings. The van der Waals surface area contributed by atoms with Gasteiger partial charge in [-0.1, -0.05) is 38.2 Å². The summed E-state index contributed by atoms with van der Waals surface area (Å²) < 4.78 is 35.2. The average Bonchev–Trinajstić information content (AvgIpc) is 3.14. The van der Waals surface area contributed by atoms with Crippen molar-refractivity contribution in [2.24, 2.45) is 22.7 Å². The van der Waals surface area contributed by atoms with Crippen molar-refractivity contribution in [2.45, 2.75) is 92.2 Å². The van der Waals surface area contributed by atoms with Gasteiger partial charge in [-0.05, 0) is 37.2 Å². The Morgan fingerprint density at radius 2 is 1.59 bits per heavy atom. The van der Waals surface area contributed by atoms with Crippen LogP contribution >= 0.6 is 0 Å². The molecule has 0 aromatic heterocycles. The van der Waals surface area contributed by atoms with Crippen LogP contribution in [0.4, 0.5) is 0 Å². The molecule has 3 aliphatic rings. The second-order valence-electron chi connectivity index (χ2n) is 10.9. The lowest BCUT2D eigenvalue weighted by Gasteiger charge is -2.62. The molecule has 1 saturated heterocycles. The monoisotopic (exact) mass is 548 g/mol. The van der Waals surface area contributed by atoms with E-state index in [-0.39, 0.29) is 5.92 Å². The number of allylic oxidation sites excluding steroid dienone is 3. The first kappa shape index (κ1) is 30.6. The van der Waals surface area contributed by atoms with E-state index in [9.17, 15) is 19.2 Å². The molecule has 9 atom stereocenters. The van der Waals surface area contributed by atoms with Gasteiger partial charge in [0.05, 0.1) is 6.10 Å². The van der Waals surface area contributed by atoms with Crippen LogP contribution in [0.5, 0.6) is 0 Å². The molecule has 0 N–H and O–H groups in total. The molecule has 1 aliphatic heterocycles. The highest BCUT2D eigenvalue weighted by Gasteiger charge is 2.75. The van der Waals surface area contributed by atoms with Crippen LogP contribution in [-0.2, 0) is 47.6 Å². The molecule has 0 bridgehead atoms. The number of carbonyl (C=O) groups excluding carboxylic acids is 4. The molecule has 10 heteroatoms. The second-order valence-corrected chi connectivity index (χ2v) is 10.9. The number of methoxy groups -OCH3 is 1. The van der Waals surface area contributed by atoms with E-state index >= 15 is 0 Å². The van der Waals surface area contributed by atoms with E-state index in [0.717, 1.165) is 5.57 Å². The smallest absolute Gasteiger partial charge is 0.305 e. The van der Waals surface area contributed by atoms with Crippen LogP contribution in [0.15, 0.2) is 36.0 Å². The van der Waals surface area contributed by atoms with E-state index < -0.39 is 71.5 Å². The summed E-state index contributed by atoms with van der Waals surface area (Å²) >= 11 is 0. The fraction of sp³-hybridized carbons (Fsp3) is 0.655. The third kappa shape index (κ3) is 5.54. The van der Waals surface area contributed by atoms with E-state index in [1.54, 1.807) is 19.3 Å². The summed E-state index contributed by atoms with van der Waals surface area (Å²) in [6.45, 7) is 14.8. The molecule has 10 nitrogen and oxygen atoms in total. The first-order valence-corrected chi connectivity index (χ1v) is 13.1. The van der Waals surface area contributed by atoms with Crippen LogP contribution in [0.1, 0.15) is 61.3 Å². The highest BCUT2D eigenvalue weighted by Crippen LogP contribution is 2.68. The SMILES string of the molecule is C=C/C(C)=C\C[C@]1(C)[C@H](C)[C@@H](OC(C)=O)[C@H](OC(C)=O)[C@@]23C(=C[C@H](OC)C[C@@H]12)[C@@H](OC(C)=O)O[C@H]3OC(C)=O. The van der Waals surface area contributed by atoms with E-state index in [4.69, 9.17) is 28.4 Å². The van der Waals surface area contributed by atoms with Crippen molar-refractivity contribution in [3.8, 4) is 0 Å². The summed E-state index contributed by atoms with van der Waals surface area (Å²) in [5.41, 5.74) is -0.595. The molecule has 1 spiro atoms. The van der Waals surface area contributed by atoms with Crippen LogP contribution in [-0.4, -0.2) is 61.9 Å². The zero-order chi connectivity index (χ0) is 29.3. The van der Waals surface area contributed by atoms with Gasteiger partial charge in [0.25, 0.3) is 0 Å². The third-order valence-corrected chi connectivity index (χ3v) is 8.53.